The minimum Gasteiger partial charge on any atom is -0.327 e. The van der Waals surface area contributed by atoms with E-state index >= 15 is 0 Å². The Kier molecular flexibility index (Phi) is 1.69. The van der Waals surface area contributed by atoms with Crippen LogP contribution in [0.2, 0.25) is 0 Å². The summed E-state index contributed by atoms with van der Waals surface area (Å²) in [6, 6.07) is 2.04. The molecule has 0 amide bonds. The fourth-order valence-corrected chi connectivity index (χ4v) is 2.66. The van der Waals surface area contributed by atoms with E-state index in [-0.39, 0.29) is 0 Å². The lowest BCUT2D eigenvalue weighted by Gasteiger charge is -2.32. The average molecular weight is 154 g/mol. The molecular formula is C9H18N2. The molecule has 1 aliphatic carbocycles. The maximum Gasteiger partial charge on any atom is 0.0117 e. The van der Waals surface area contributed by atoms with Crippen molar-refractivity contribution in [3.8, 4) is 0 Å². The molecular weight excluding hydrogens is 136 g/mol. The molecule has 0 radical (unpaired) electrons. The normalized spacial score (nSPS) is 44.2. The van der Waals surface area contributed by atoms with Gasteiger partial charge in [-0.1, -0.05) is 0 Å². The van der Waals surface area contributed by atoms with Crippen molar-refractivity contribution in [2.24, 2.45) is 11.7 Å². The van der Waals surface area contributed by atoms with Crippen LogP contribution >= 0.6 is 0 Å². The second-order valence-electron chi connectivity index (χ2n) is 4.34. The first-order valence-corrected chi connectivity index (χ1v) is 4.70. The number of nitrogens with zero attached hydrogens (tertiary/aromatic N) is 1. The highest BCUT2D eigenvalue weighted by atomic mass is 15.2. The summed E-state index contributed by atoms with van der Waals surface area (Å²) in [4.78, 5) is 2.61. The van der Waals surface area contributed by atoms with Gasteiger partial charge in [0.2, 0.25) is 0 Å². The van der Waals surface area contributed by atoms with Gasteiger partial charge in [0.1, 0.15) is 0 Å². The van der Waals surface area contributed by atoms with Gasteiger partial charge in [0.15, 0.2) is 0 Å². The first-order chi connectivity index (χ1) is 5.18. The van der Waals surface area contributed by atoms with E-state index in [0.29, 0.717) is 6.04 Å². The Bertz CT molecular complexity index is 154. The monoisotopic (exact) mass is 154 g/mol. The molecule has 64 valence electrons. The number of nitrogens with two attached hydrogens (primary N) is 1. The Morgan fingerprint density at radius 3 is 2.45 bits per heavy atom. The van der Waals surface area contributed by atoms with Gasteiger partial charge in [-0.3, -0.25) is 4.90 Å². The van der Waals surface area contributed by atoms with E-state index in [1.54, 1.807) is 0 Å². The average Bonchev–Trinajstić information content (AvgIpc) is 2.43. The third kappa shape index (κ3) is 1.09. The van der Waals surface area contributed by atoms with Gasteiger partial charge < -0.3 is 5.73 Å². The standard InChI is InChI=1S/C9H18N2/c1-6(2)11-5-7-3-8(11)4-9(7)10/h6-9H,3-5,10H2,1-2H3. The molecule has 2 heteroatoms. The quantitative estimate of drug-likeness (QED) is 0.606. The van der Waals surface area contributed by atoms with E-state index < -0.39 is 0 Å². The van der Waals surface area contributed by atoms with Crippen molar-refractivity contribution < 1.29 is 0 Å². The largest absolute Gasteiger partial charge is 0.327 e. The van der Waals surface area contributed by atoms with Crippen molar-refractivity contribution in [1.29, 1.82) is 0 Å². The Labute approximate surface area is 68.7 Å². The first kappa shape index (κ1) is 7.56. The van der Waals surface area contributed by atoms with Crippen LogP contribution in [0.4, 0.5) is 0 Å². The van der Waals surface area contributed by atoms with E-state index in [1.807, 2.05) is 0 Å². The Balaban J connectivity index is 2.02. The van der Waals surface area contributed by atoms with Crippen molar-refractivity contribution in [1.82, 2.24) is 4.90 Å². The predicted molar refractivity (Wildman–Crippen MR) is 46.3 cm³/mol. The smallest absolute Gasteiger partial charge is 0.0117 e. The van der Waals surface area contributed by atoms with Gasteiger partial charge in [-0.2, -0.15) is 0 Å². The maximum atomic E-state index is 5.96. The van der Waals surface area contributed by atoms with E-state index in [9.17, 15) is 0 Å². The molecule has 1 heterocycles. The molecule has 0 aromatic rings. The van der Waals surface area contributed by atoms with Crippen molar-refractivity contribution in [2.75, 3.05) is 6.54 Å². The molecule has 1 aliphatic heterocycles. The number of likely N-dealkylation sites (tertiary alicyclic amines) is 1. The zero-order chi connectivity index (χ0) is 8.01. The molecule has 3 atom stereocenters. The van der Waals surface area contributed by atoms with Gasteiger partial charge in [-0.25, -0.2) is 0 Å². The van der Waals surface area contributed by atoms with Crippen LogP contribution in [-0.4, -0.2) is 29.6 Å². The number of hydrogen-bond acceptors (Lipinski definition) is 2. The van der Waals surface area contributed by atoms with Crippen LogP contribution in [0.5, 0.6) is 0 Å². The van der Waals surface area contributed by atoms with Crippen LogP contribution in [0.25, 0.3) is 0 Å². The Morgan fingerprint density at radius 2 is 2.09 bits per heavy atom. The summed E-state index contributed by atoms with van der Waals surface area (Å²) in [6.45, 7) is 5.82. The number of hydrogen-bond donors (Lipinski definition) is 1. The SMILES string of the molecule is CC(C)N1CC2CC1CC2N. The first-order valence-electron chi connectivity index (χ1n) is 4.70. The summed E-state index contributed by atoms with van der Waals surface area (Å²) in [5.74, 6) is 0.808. The summed E-state index contributed by atoms with van der Waals surface area (Å²) in [6.07, 6.45) is 2.60. The van der Waals surface area contributed by atoms with Gasteiger partial charge in [0.05, 0.1) is 0 Å². The van der Waals surface area contributed by atoms with E-state index in [1.165, 1.54) is 19.4 Å². The van der Waals surface area contributed by atoms with Crippen molar-refractivity contribution in [3.63, 3.8) is 0 Å². The van der Waals surface area contributed by atoms with Gasteiger partial charge >= 0.3 is 0 Å². The summed E-state index contributed by atoms with van der Waals surface area (Å²) in [7, 11) is 0. The molecule has 2 rings (SSSR count). The van der Waals surface area contributed by atoms with Crippen LogP contribution in [0.1, 0.15) is 26.7 Å². The molecule has 3 unspecified atom stereocenters. The highest BCUT2D eigenvalue weighted by Crippen LogP contribution is 2.37. The van der Waals surface area contributed by atoms with Gasteiger partial charge in [-0.15, -0.1) is 0 Å². The third-order valence-corrected chi connectivity index (χ3v) is 3.30. The molecule has 2 N–H and O–H groups in total. The van der Waals surface area contributed by atoms with E-state index in [0.717, 1.165) is 18.0 Å². The van der Waals surface area contributed by atoms with E-state index in [2.05, 4.69) is 18.7 Å². The minimum absolute atomic E-state index is 0.509. The highest BCUT2D eigenvalue weighted by molar-refractivity contribution is 5.00. The summed E-state index contributed by atoms with van der Waals surface area (Å²) in [5, 5.41) is 0. The molecule has 1 saturated carbocycles. The third-order valence-electron chi connectivity index (χ3n) is 3.30. The molecule has 2 aliphatic rings. The van der Waals surface area contributed by atoms with Gasteiger partial charge in [-0.05, 0) is 32.6 Å². The zero-order valence-electron chi connectivity index (χ0n) is 7.46. The number of fused-ring (bicyclic) bond motifs is 2. The van der Waals surface area contributed by atoms with Crippen LogP contribution < -0.4 is 5.73 Å². The molecule has 0 spiro atoms. The van der Waals surface area contributed by atoms with Crippen LogP contribution in [-0.2, 0) is 0 Å². The highest BCUT2D eigenvalue weighted by Gasteiger charge is 2.43. The van der Waals surface area contributed by atoms with E-state index in [4.69, 9.17) is 5.73 Å². The fraction of sp³-hybridized carbons (Fsp3) is 1.00. The number of piperidine rings is 1. The summed E-state index contributed by atoms with van der Waals surface area (Å²) >= 11 is 0. The molecule has 2 fully saturated rings. The zero-order valence-corrected chi connectivity index (χ0v) is 7.46. The van der Waals surface area contributed by atoms with Crippen molar-refractivity contribution in [2.45, 2.75) is 44.8 Å². The molecule has 0 aromatic carbocycles. The Morgan fingerprint density at radius 1 is 1.36 bits per heavy atom. The Hall–Kier alpha value is -0.0800. The predicted octanol–water partition coefficient (Wildman–Crippen LogP) is 0.816. The second kappa shape index (κ2) is 2.46. The molecule has 0 aromatic heterocycles. The second-order valence-corrected chi connectivity index (χ2v) is 4.34. The van der Waals surface area contributed by atoms with Crippen LogP contribution in [0.3, 0.4) is 0 Å². The summed E-state index contributed by atoms with van der Waals surface area (Å²) < 4.78 is 0. The maximum absolute atomic E-state index is 5.96. The van der Waals surface area contributed by atoms with Gasteiger partial charge in [0.25, 0.3) is 0 Å². The lowest BCUT2D eigenvalue weighted by atomic mass is 10.0. The van der Waals surface area contributed by atoms with Crippen molar-refractivity contribution >= 4 is 0 Å². The molecule has 2 bridgehead atoms. The fourth-order valence-electron chi connectivity index (χ4n) is 2.66. The van der Waals surface area contributed by atoms with Crippen LogP contribution in [0.15, 0.2) is 0 Å². The topological polar surface area (TPSA) is 29.3 Å². The lowest BCUT2D eigenvalue weighted by Crippen LogP contribution is -2.44. The number of rotatable bonds is 1. The molecule has 2 nitrogen and oxygen atoms in total. The lowest BCUT2D eigenvalue weighted by molar-refractivity contribution is 0.160. The van der Waals surface area contributed by atoms with Crippen molar-refractivity contribution in [3.05, 3.63) is 0 Å². The van der Waals surface area contributed by atoms with Gasteiger partial charge in [0, 0.05) is 24.7 Å². The summed E-state index contributed by atoms with van der Waals surface area (Å²) in [5.41, 5.74) is 5.96. The molecule has 1 saturated heterocycles. The van der Waals surface area contributed by atoms with Crippen LogP contribution in [0, 0.1) is 5.92 Å². The molecule has 11 heavy (non-hydrogen) atoms. The minimum atomic E-state index is 0.509.